The third-order valence-corrected chi connectivity index (χ3v) is 3.64. The van der Waals surface area contributed by atoms with Gasteiger partial charge in [-0.1, -0.05) is 54.1 Å². The van der Waals surface area contributed by atoms with Crippen LogP contribution < -0.4 is 5.32 Å². The molecule has 1 unspecified atom stereocenters. The second kappa shape index (κ2) is 7.04. The van der Waals surface area contributed by atoms with E-state index < -0.39 is 5.97 Å². The number of rotatable bonds is 6. The van der Waals surface area contributed by atoms with Crippen molar-refractivity contribution in [1.82, 2.24) is 5.32 Å². The molecule has 3 nitrogen and oxygen atoms in total. The Labute approximate surface area is 125 Å². The molecule has 2 aromatic carbocycles. The van der Waals surface area contributed by atoms with Gasteiger partial charge in [0.1, 0.15) is 0 Å². The maximum Gasteiger partial charge on any atom is 0.307 e. The Morgan fingerprint density at radius 3 is 2.33 bits per heavy atom. The molecule has 1 atom stereocenters. The Bertz CT molecular complexity index is 605. The maximum absolute atomic E-state index is 10.9. The van der Waals surface area contributed by atoms with E-state index in [4.69, 9.17) is 5.11 Å². The Balaban J connectivity index is 2.02. The van der Waals surface area contributed by atoms with Crippen molar-refractivity contribution in [2.24, 2.45) is 0 Å². The molecule has 21 heavy (non-hydrogen) atoms. The predicted octanol–water partition coefficient (Wildman–Crippen LogP) is 3.47. The molecule has 2 rings (SSSR count). The largest absolute Gasteiger partial charge is 0.481 e. The van der Waals surface area contributed by atoms with Crippen LogP contribution in [0.5, 0.6) is 0 Å². The predicted molar refractivity (Wildman–Crippen MR) is 84.2 cm³/mol. The SMILES string of the molecule is Cc1ccc(C(C)NCc2ccccc2CC(=O)O)cc1. The van der Waals surface area contributed by atoms with Crippen molar-refractivity contribution < 1.29 is 9.90 Å². The van der Waals surface area contributed by atoms with Gasteiger partial charge in [0.05, 0.1) is 6.42 Å². The summed E-state index contributed by atoms with van der Waals surface area (Å²) in [6, 6.07) is 16.4. The molecule has 0 bridgehead atoms. The quantitative estimate of drug-likeness (QED) is 0.853. The highest BCUT2D eigenvalue weighted by Crippen LogP contribution is 2.15. The molecule has 2 N–H and O–H groups in total. The summed E-state index contributed by atoms with van der Waals surface area (Å²) in [7, 11) is 0. The van der Waals surface area contributed by atoms with E-state index in [1.54, 1.807) is 0 Å². The molecule has 0 spiro atoms. The van der Waals surface area contributed by atoms with Gasteiger partial charge in [0.2, 0.25) is 0 Å². The van der Waals surface area contributed by atoms with Crippen molar-refractivity contribution in [3.05, 3.63) is 70.8 Å². The molecule has 0 aliphatic heterocycles. The van der Waals surface area contributed by atoms with Crippen LogP contribution in [0.3, 0.4) is 0 Å². The third kappa shape index (κ3) is 4.43. The summed E-state index contributed by atoms with van der Waals surface area (Å²) in [4.78, 5) is 10.9. The zero-order chi connectivity index (χ0) is 15.2. The number of carboxylic acid groups (broad SMARTS) is 1. The normalized spacial score (nSPS) is 12.1. The van der Waals surface area contributed by atoms with E-state index in [0.717, 1.165) is 11.1 Å². The van der Waals surface area contributed by atoms with Crippen LogP contribution in [-0.2, 0) is 17.8 Å². The van der Waals surface area contributed by atoms with E-state index in [1.165, 1.54) is 11.1 Å². The fourth-order valence-corrected chi connectivity index (χ4v) is 2.30. The van der Waals surface area contributed by atoms with Crippen LogP contribution in [0.1, 0.15) is 35.2 Å². The number of hydrogen-bond donors (Lipinski definition) is 2. The Kier molecular flexibility index (Phi) is 5.12. The smallest absolute Gasteiger partial charge is 0.307 e. The number of benzene rings is 2. The first kappa shape index (κ1) is 15.3. The molecule has 0 saturated heterocycles. The van der Waals surface area contributed by atoms with Crippen molar-refractivity contribution in [3.8, 4) is 0 Å². The molecular weight excluding hydrogens is 262 g/mol. The first-order valence-corrected chi connectivity index (χ1v) is 7.15. The fraction of sp³-hybridized carbons (Fsp3) is 0.278. The molecule has 0 saturated carbocycles. The van der Waals surface area contributed by atoms with Gasteiger partial charge in [0, 0.05) is 12.6 Å². The van der Waals surface area contributed by atoms with Crippen LogP contribution >= 0.6 is 0 Å². The van der Waals surface area contributed by atoms with Crippen molar-refractivity contribution in [1.29, 1.82) is 0 Å². The minimum Gasteiger partial charge on any atom is -0.481 e. The lowest BCUT2D eigenvalue weighted by molar-refractivity contribution is -0.136. The number of carboxylic acids is 1. The van der Waals surface area contributed by atoms with Gasteiger partial charge in [-0.15, -0.1) is 0 Å². The topological polar surface area (TPSA) is 49.3 Å². The average molecular weight is 283 g/mol. The Hall–Kier alpha value is -2.13. The minimum atomic E-state index is -0.797. The van der Waals surface area contributed by atoms with Gasteiger partial charge in [-0.3, -0.25) is 4.79 Å². The van der Waals surface area contributed by atoms with Crippen molar-refractivity contribution in [2.45, 2.75) is 32.9 Å². The molecule has 0 radical (unpaired) electrons. The standard InChI is InChI=1S/C18H21NO2/c1-13-7-9-15(10-8-13)14(2)19-12-17-6-4-3-5-16(17)11-18(20)21/h3-10,14,19H,11-12H2,1-2H3,(H,20,21). The molecule has 0 aliphatic rings. The molecule has 0 amide bonds. The highest BCUT2D eigenvalue weighted by Gasteiger charge is 2.08. The van der Waals surface area contributed by atoms with Crippen molar-refractivity contribution in [2.75, 3.05) is 0 Å². The third-order valence-electron chi connectivity index (χ3n) is 3.64. The van der Waals surface area contributed by atoms with Gasteiger partial charge < -0.3 is 10.4 Å². The van der Waals surface area contributed by atoms with Crippen LogP contribution in [0.4, 0.5) is 0 Å². The Morgan fingerprint density at radius 2 is 1.71 bits per heavy atom. The highest BCUT2D eigenvalue weighted by molar-refractivity contribution is 5.70. The second-order valence-corrected chi connectivity index (χ2v) is 5.35. The summed E-state index contributed by atoms with van der Waals surface area (Å²) in [6.07, 6.45) is 0.0662. The van der Waals surface area contributed by atoms with E-state index in [9.17, 15) is 4.79 Å². The summed E-state index contributed by atoms with van der Waals surface area (Å²) in [5.41, 5.74) is 4.39. The van der Waals surface area contributed by atoms with Crippen molar-refractivity contribution >= 4 is 5.97 Å². The number of hydrogen-bond acceptors (Lipinski definition) is 2. The zero-order valence-corrected chi connectivity index (χ0v) is 12.5. The van der Waals surface area contributed by atoms with E-state index in [2.05, 4.69) is 43.4 Å². The van der Waals surface area contributed by atoms with Gasteiger partial charge in [0.15, 0.2) is 0 Å². The van der Waals surface area contributed by atoms with E-state index in [1.807, 2.05) is 24.3 Å². The summed E-state index contributed by atoms with van der Waals surface area (Å²) < 4.78 is 0. The second-order valence-electron chi connectivity index (χ2n) is 5.35. The van der Waals surface area contributed by atoms with Crippen LogP contribution in [0.2, 0.25) is 0 Å². The van der Waals surface area contributed by atoms with Gasteiger partial charge in [0.25, 0.3) is 0 Å². The molecule has 0 aromatic heterocycles. The first-order chi connectivity index (χ1) is 10.1. The summed E-state index contributed by atoms with van der Waals surface area (Å²) in [6.45, 7) is 4.85. The van der Waals surface area contributed by atoms with Crippen molar-refractivity contribution in [3.63, 3.8) is 0 Å². The first-order valence-electron chi connectivity index (χ1n) is 7.15. The van der Waals surface area contributed by atoms with E-state index in [0.29, 0.717) is 6.54 Å². The zero-order valence-electron chi connectivity index (χ0n) is 12.5. The average Bonchev–Trinajstić information content (AvgIpc) is 2.46. The molecule has 0 aliphatic carbocycles. The fourth-order valence-electron chi connectivity index (χ4n) is 2.30. The monoisotopic (exact) mass is 283 g/mol. The van der Waals surface area contributed by atoms with Gasteiger partial charge in [-0.05, 0) is 30.5 Å². The molecule has 3 heteroatoms. The highest BCUT2D eigenvalue weighted by atomic mass is 16.4. The number of aryl methyl sites for hydroxylation is 1. The Morgan fingerprint density at radius 1 is 1.10 bits per heavy atom. The number of aliphatic carboxylic acids is 1. The summed E-state index contributed by atoms with van der Waals surface area (Å²) in [5.74, 6) is -0.797. The van der Waals surface area contributed by atoms with Crippen LogP contribution in [0.25, 0.3) is 0 Å². The number of nitrogens with one attached hydrogen (secondary N) is 1. The molecular formula is C18H21NO2. The number of carbonyl (C=O) groups is 1. The summed E-state index contributed by atoms with van der Waals surface area (Å²) >= 11 is 0. The molecule has 110 valence electrons. The van der Waals surface area contributed by atoms with Gasteiger partial charge >= 0.3 is 5.97 Å². The lowest BCUT2D eigenvalue weighted by atomic mass is 10.0. The summed E-state index contributed by atoms with van der Waals surface area (Å²) in [5, 5.41) is 12.4. The van der Waals surface area contributed by atoms with Crippen LogP contribution in [-0.4, -0.2) is 11.1 Å². The lowest BCUT2D eigenvalue weighted by Crippen LogP contribution is -2.19. The van der Waals surface area contributed by atoms with Gasteiger partial charge in [-0.2, -0.15) is 0 Å². The maximum atomic E-state index is 10.9. The van der Waals surface area contributed by atoms with Gasteiger partial charge in [-0.25, -0.2) is 0 Å². The minimum absolute atomic E-state index is 0.0662. The molecule has 2 aromatic rings. The van der Waals surface area contributed by atoms with Crippen LogP contribution in [0.15, 0.2) is 48.5 Å². The van der Waals surface area contributed by atoms with Crippen LogP contribution in [0, 0.1) is 6.92 Å². The van der Waals surface area contributed by atoms with E-state index >= 15 is 0 Å². The molecule has 0 fully saturated rings. The lowest BCUT2D eigenvalue weighted by Gasteiger charge is -2.16. The molecule has 0 heterocycles. The van der Waals surface area contributed by atoms with E-state index in [-0.39, 0.29) is 12.5 Å².